The van der Waals surface area contributed by atoms with Gasteiger partial charge in [-0.1, -0.05) is 46.9 Å². The lowest BCUT2D eigenvalue weighted by Crippen LogP contribution is -2.03. The molecule has 7 nitrogen and oxygen atoms in total. The average molecular weight is 486 g/mol. The SMILES string of the molecule is Cc1c(-c2nnn(Cc3ccco3)n2)nn(-c2ccc(Cl)cc2Cl)c1-c1ccc(Cl)cc1. The van der Waals surface area contributed by atoms with E-state index in [1.165, 1.54) is 4.80 Å². The van der Waals surface area contributed by atoms with Gasteiger partial charge in [0.2, 0.25) is 5.82 Å². The molecule has 0 spiro atoms. The van der Waals surface area contributed by atoms with Crippen molar-refractivity contribution in [1.82, 2.24) is 30.0 Å². The molecule has 0 aliphatic heterocycles. The molecule has 0 unspecified atom stereocenters. The van der Waals surface area contributed by atoms with Gasteiger partial charge in [-0.25, -0.2) is 4.68 Å². The van der Waals surface area contributed by atoms with Crippen LogP contribution in [0.4, 0.5) is 0 Å². The number of hydrogen-bond donors (Lipinski definition) is 0. The third-order valence-electron chi connectivity index (χ3n) is 4.92. The maximum absolute atomic E-state index is 6.52. The van der Waals surface area contributed by atoms with Crippen molar-refractivity contribution in [3.8, 4) is 28.5 Å². The lowest BCUT2D eigenvalue weighted by atomic mass is 10.1. The zero-order valence-corrected chi connectivity index (χ0v) is 19.0. The number of halogens is 3. The van der Waals surface area contributed by atoms with Gasteiger partial charge in [0.05, 0.1) is 22.7 Å². The number of hydrogen-bond acceptors (Lipinski definition) is 5. The molecule has 3 heterocycles. The molecular formula is C22H15Cl3N6O. The fourth-order valence-corrected chi connectivity index (χ4v) is 4.04. The Bertz CT molecular complexity index is 1390. The normalized spacial score (nSPS) is 11.2. The number of tetrazole rings is 1. The van der Waals surface area contributed by atoms with Crippen molar-refractivity contribution >= 4 is 34.8 Å². The Morgan fingerprint density at radius 3 is 2.44 bits per heavy atom. The van der Waals surface area contributed by atoms with Gasteiger partial charge in [0, 0.05) is 21.2 Å². The highest BCUT2D eigenvalue weighted by atomic mass is 35.5. The predicted octanol–water partition coefficient (Wildman–Crippen LogP) is 6.10. The Morgan fingerprint density at radius 2 is 1.72 bits per heavy atom. The van der Waals surface area contributed by atoms with E-state index < -0.39 is 0 Å². The van der Waals surface area contributed by atoms with Crippen LogP contribution in [0.2, 0.25) is 15.1 Å². The second kappa shape index (κ2) is 8.43. The summed E-state index contributed by atoms with van der Waals surface area (Å²) in [5.41, 5.74) is 3.89. The van der Waals surface area contributed by atoms with Crippen LogP contribution in [0.1, 0.15) is 11.3 Å². The molecule has 0 aliphatic carbocycles. The Morgan fingerprint density at radius 1 is 0.938 bits per heavy atom. The predicted molar refractivity (Wildman–Crippen MR) is 123 cm³/mol. The van der Waals surface area contributed by atoms with Crippen LogP contribution in [-0.2, 0) is 6.54 Å². The van der Waals surface area contributed by atoms with Gasteiger partial charge < -0.3 is 4.42 Å². The molecule has 32 heavy (non-hydrogen) atoms. The first-order valence-corrected chi connectivity index (χ1v) is 10.7. The molecule has 0 amide bonds. The van der Waals surface area contributed by atoms with Gasteiger partial charge in [0.15, 0.2) is 0 Å². The van der Waals surface area contributed by atoms with Crippen LogP contribution in [0.5, 0.6) is 0 Å². The molecule has 2 aromatic carbocycles. The topological polar surface area (TPSA) is 74.6 Å². The number of aromatic nitrogens is 6. The maximum Gasteiger partial charge on any atom is 0.225 e. The van der Waals surface area contributed by atoms with Crippen LogP contribution in [0.25, 0.3) is 28.5 Å². The Hall–Kier alpha value is -3.13. The highest BCUT2D eigenvalue weighted by molar-refractivity contribution is 6.35. The summed E-state index contributed by atoms with van der Waals surface area (Å²) >= 11 is 18.7. The van der Waals surface area contributed by atoms with Crippen LogP contribution in [0.15, 0.2) is 65.3 Å². The number of nitrogens with zero attached hydrogens (tertiary/aromatic N) is 6. The summed E-state index contributed by atoms with van der Waals surface area (Å²) in [4.78, 5) is 1.46. The van der Waals surface area contributed by atoms with Crippen molar-refractivity contribution in [2.24, 2.45) is 0 Å². The number of rotatable bonds is 5. The van der Waals surface area contributed by atoms with Gasteiger partial charge in [0.1, 0.15) is 18.0 Å². The van der Waals surface area contributed by atoms with E-state index in [9.17, 15) is 0 Å². The van der Waals surface area contributed by atoms with Crippen molar-refractivity contribution in [3.05, 3.63) is 87.3 Å². The van der Waals surface area contributed by atoms with E-state index in [-0.39, 0.29) is 0 Å². The quantitative estimate of drug-likeness (QED) is 0.300. The van der Waals surface area contributed by atoms with Gasteiger partial charge >= 0.3 is 0 Å². The Kier molecular flexibility index (Phi) is 5.46. The average Bonchev–Trinajstić information content (AvgIpc) is 3.50. The zero-order chi connectivity index (χ0) is 22.2. The fraction of sp³-hybridized carbons (Fsp3) is 0.0909. The summed E-state index contributed by atoms with van der Waals surface area (Å²) in [5, 5.41) is 19.3. The van der Waals surface area contributed by atoms with Crippen molar-refractivity contribution < 1.29 is 4.42 Å². The van der Waals surface area contributed by atoms with E-state index in [1.807, 2.05) is 49.4 Å². The number of furan rings is 1. The Balaban J connectivity index is 1.64. The van der Waals surface area contributed by atoms with Crippen molar-refractivity contribution in [3.63, 3.8) is 0 Å². The van der Waals surface area contributed by atoms with Crippen LogP contribution >= 0.6 is 34.8 Å². The largest absolute Gasteiger partial charge is 0.467 e. The van der Waals surface area contributed by atoms with E-state index in [2.05, 4.69) is 15.4 Å². The second-order valence-corrected chi connectivity index (χ2v) is 8.34. The monoisotopic (exact) mass is 484 g/mol. The van der Waals surface area contributed by atoms with Gasteiger partial charge in [-0.05, 0) is 54.6 Å². The van der Waals surface area contributed by atoms with E-state index in [0.717, 1.165) is 22.6 Å². The second-order valence-electron chi connectivity index (χ2n) is 7.06. The molecule has 0 fully saturated rings. The van der Waals surface area contributed by atoms with Crippen LogP contribution < -0.4 is 0 Å². The first-order valence-electron chi connectivity index (χ1n) is 9.61. The first kappa shape index (κ1) is 20.8. The molecule has 160 valence electrons. The lowest BCUT2D eigenvalue weighted by Gasteiger charge is -2.11. The van der Waals surface area contributed by atoms with Crippen molar-refractivity contribution in [1.29, 1.82) is 0 Å². The lowest BCUT2D eigenvalue weighted by molar-refractivity contribution is 0.453. The smallest absolute Gasteiger partial charge is 0.225 e. The van der Waals surface area contributed by atoms with Gasteiger partial charge in [0.25, 0.3) is 0 Å². The van der Waals surface area contributed by atoms with Crippen LogP contribution in [0, 0.1) is 6.92 Å². The summed E-state index contributed by atoms with van der Waals surface area (Å²) in [7, 11) is 0. The maximum atomic E-state index is 6.52. The molecular weight excluding hydrogens is 471 g/mol. The van der Waals surface area contributed by atoms with E-state index >= 15 is 0 Å². The minimum absolute atomic E-state index is 0.368. The van der Waals surface area contributed by atoms with Crippen LogP contribution in [-0.4, -0.2) is 30.0 Å². The molecule has 0 saturated carbocycles. The molecule has 5 rings (SSSR count). The van der Waals surface area contributed by atoms with Gasteiger partial charge in [-0.2, -0.15) is 9.90 Å². The summed E-state index contributed by atoms with van der Waals surface area (Å²) in [6.07, 6.45) is 1.60. The highest BCUT2D eigenvalue weighted by Crippen LogP contribution is 2.35. The fourth-order valence-electron chi connectivity index (χ4n) is 3.43. The van der Waals surface area contributed by atoms with E-state index in [4.69, 9.17) is 44.3 Å². The Labute approximate surface area is 198 Å². The van der Waals surface area contributed by atoms with Gasteiger partial charge in [-0.3, -0.25) is 0 Å². The van der Waals surface area contributed by atoms with Crippen LogP contribution in [0.3, 0.4) is 0 Å². The molecule has 0 N–H and O–H groups in total. The van der Waals surface area contributed by atoms with Crippen molar-refractivity contribution in [2.75, 3.05) is 0 Å². The minimum atomic E-state index is 0.368. The van der Waals surface area contributed by atoms with Gasteiger partial charge in [-0.15, -0.1) is 10.2 Å². The summed E-state index contributed by atoms with van der Waals surface area (Å²) < 4.78 is 7.13. The minimum Gasteiger partial charge on any atom is -0.467 e. The molecule has 0 bridgehead atoms. The van der Waals surface area contributed by atoms with E-state index in [0.29, 0.717) is 38.8 Å². The molecule has 0 atom stereocenters. The molecule has 10 heteroatoms. The zero-order valence-electron chi connectivity index (χ0n) is 16.7. The molecule has 5 aromatic rings. The summed E-state index contributed by atoms with van der Waals surface area (Å²) in [5.74, 6) is 1.12. The third kappa shape index (κ3) is 3.90. The standard InChI is InChI=1S/C22H15Cl3N6O/c1-13-20(22-26-29-30(28-22)12-17-3-2-10-32-17)27-31(19-9-8-16(24)11-18(19)25)21(13)14-4-6-15(23)7-5-14/h2-11H,12H2,1H3. The highest BCUT2D eigenvalue weighted by Gasteiger charge is 2.23. The third-order valence-corrected chi connectivity index (χ3v) is 5.71. The molecule has 0 radical (unpaired) electrons. The summed E-state index contributed by atoms with van der Waals surface area (Å²) in [6.45, 7) is 2.33. The molecule has 0 aliphatic rings. The summed E-state index contributed by atoms with van der Waals surface area (Å²) in [6, 6.07) is 16.4. The van der Waals surface area contributed by atoms with Crippen molar-refractivity contribution in [2.45, 2.75) is 13.5 Å². The first-order chi connectivity index (χ1) is 15.5. The van der Waals surface area contributed by atoms with E-state index in [1.54, 1.807) is 23.1 Å². The molecule has 3 aromatic heterocycles. The molecule has 0 saturated heterocycles. The number of benzene rings is 2.